The van der Waals surface area contributed by atoms with Gasteiger partial charge in [0.2, 0.25) is 0 Å². The van der Waals surface area contributed by atoms with Gasteiger partial charge in [-0.1, -0.05) is 74.8 Å². The van der Waals surface area contributed by atoms with Gasteiger partial charge >= 0.3 is 5.97 Å². The van der Waals surface area contributed by atoms with Crippen molar-refractivity contribution in [2.75, 3.05) is 17.2 Å². The van der Waals surface area contributed by atoms with Crippen LogP contribution in [0.15, 0.2) is 60.7 Å². The highest BCUT2D eigenvalue weighted by atomic mass is 35.5. The van der Waals surface area contributed by atoms with Gasteiger partial charge in [0.25, 0.3) is 5.79 Å². The van der Waals surface area contributed by atoms with E-state index in [1.165, 1.54) is 6.92 Å². The molecule has 3 atom stereocenters. The van der Waals surface area contributed by atoms with Crippen LogP contribution in [0.5, 0.6) is 0 Å². The van der Waals surface area contributed by atoms with E-state index in [0.29, 0.717) is 17.3 Å². The number of Topliss-reactive ketones (excluding diaryl/α,β-unsaturated/α-hetero) is 1. The number of fused-ring (bicyclic) bond motifs is 2. The Kier molecular flexibility index (Phi) is 7.91. The number of carbonyl (C=O) groups is 2. The molecule has 4 rings (SSSR count). The number of ketones is 1. The van der Waals surface area contributed by atoms with Crippen LogP contribution < -0.4 is 4.90 Å². The highest BCUT2D eigenvalue weighted by Gasteiger charge is 2.44. The Morgan fingerprint density at radius 1 is 1.08 bits per heavy atom. The minimum Gasteiger partial charge on any atom is -0.477 e. The summed E-state index contributed by atoms with van der Waals surface area (Å²) >= 11 is 8.11. The number of hydrogen-bond acceptors (Lipinski definition) is 6. The second-order valence-corrected chi connectivity index (χ2v) is 12.3. The molecule has 0 aliphatic carbocycles. The number of ether oxygens (including phenoxy) is 1. The molecular formula is C29H32ClNO5S. The molecule has 1 aliphatic rings. The fourth-order valence-electron chi connectivity index (χ4n) is 4.77. The van der Waals surface area contributed by atoms with Gasteiger partial charge in [-0.3, -0.25) is 4.79 Å². The Morgan fingerprint density at radius 3 is 2.46 bits per heavy atom. The van der Waals surface area contributed by atoms with Crippen LogP contribution in [0.3, 0.4) is 0 Å². The summed E-state index contributed by atoms with van der Waals surface area (Å²) in [5, 5.41) is 23.5. The van der Waals surface area contributed by atoms with E-state index in [1.807, 2.05) is 41.3 Å². The summed E-state index contributed by atoms with van der Waals surface area (Å²) < 4.78 is 5.96. The first-order valence-corrected chi connectivity index (χ1v) is 13.6. The molecule has 0 aromatic heterocycles. The molecule has 3 aromatic rings. The first kappa shape index (κ1) is 27.5. The van der Waals surface area contributed by atoms with E-state index in [0.717, 1.165) is 27.6 Å². The van der Waals surface area contributed by atoms with E-state index in [4.69, 9.17) is 16.3 Å². The normalized spacial score (nSPS) is 19.7. The van der Waals surface area contributed by atoms with Crippen molar-refractivity contribution in [2.45, 2.75) is 51.4 Å². The average Bonchev–Trinajstić information content (AvgIpc) is 2.94. The maximum atomic E-state index is 12.1. The molecule has 1 heterocycles. The van der Waals surface area contributed by atoms with Crippen molar-refractivity contribution in [3.63, 3.8) is 0 Å². The monoisotopic (exact) mass is 541 g/mol. The number of thioether (sulfide) groups is 1. The first-order chi connectivity index (χ1) is 17.4. The van der Waals surface area contributed by atoms with Crippen LogP contribution >= 0.6 is 23.4 Å². The van der Waals surface area contributed by atoms with Gasteiger partial charge in [0.1, 0.15) is 12.0 Å². The zero-order valence-corrected chi connectivity index (χ0v) is 23.0. The highest BCUT2D eigenvalue weighted by Crippen LogP contribution is 2.48. The molecule has 0 spiro atoms. The lowest BCUT2D eigenvalue weighted by Gasteiger charge is -2.40. The molecule has 0 radical (unpaired) electrons. The predicted molar refractivity (Wildman–Crippen MR) is 149 cm³/mol. The smallest absolute Gasteiger partial charge is 0.364 e. The number of benzene rings is 3. The van der Waals surface area contributed by atoms with Gasteiger partial charge in [0.15, 0.2) is 0 Å². The minimum atomic E-state index is -2.64. The van der Waals surface area contributed by atoms with E-state index in [-0.39, 0.29) is 10.7 Å². The van der Waals surface area contributed by atoms with Crippen molar-refractivity contribution in [3.05, 3.63) is 76.8 Å². The number of hydrogen-bond donors (Lipinski definition) is 2. The van der Waals surface area contributed by atoms with Crippen molar-refractivity contribution in [1.82, 2.24) is 0 Å². The Balaban J connectivity index is 1.87. The SMILES string of the molecule is CC(=O)CC(O)(O[C@@H]1CS[C@@H](c2cccc3ccccc23)c2cc(Cl)ccc2N1CC(C)(C)C)C(=O)O. The fraction of sp³-hybridized carbons (Fsp3) is 0.379. The molecule has 0 amide bonds. The number of anilines is 1. The van der Waals surface area contributed by atoms with Gasteiger partial charge in [-0.05, 0) is 52.4 Å². The van der Waals surface area contributed by atoms with Gasteiger partial charge in [0, 0.05) is 23.0 Å². The molecular weight excluding hydrogens is 510 g/mol. The highest BCUT2D eigenvalue weighted by molar-refractivity contribution is 7.99. The Labute approximate surface area is 226 Å². The van der Waals surface area contributed by atoms with Crippen molar-refractivity contribution in [3.8, 4) is 0 Å². The number of halogens is 1. The number of carbonyl (C=O) groups excluding carboxylic acids is 1. The van der Waals surface area contributed by atoms with E-state index in [2.05, 4.69) is 45.0 Å². The standard InChI is InChI=1S/C29H32ClNO5S/c1-18(32)15-29(35,27(33)34)36-25-16-37-26(22-11-7-9-19-8-5-6-10-21(19)22)23-14-20(30)12-13-24(23)31(25)17-28(2,3)4/h5-14,25-26,35H,15-17H2,1-4H3,(H,33,34)/t25-,26+,29?/m1/s1. The number of aliphatic hydroxyl groups is 1. The number of carboxylic acids is 1. The van der Waals surface area contributed by atoms with Crippen LogP contribution in [0.2, 0.25) is 5.02 Å². The quantitative estimate of drug-likeness (QED) is 0.340. The third-order valence-corrected chi connectivity index (χ3v) is 7.79. The first-order valence-electron chi connectivity index (χ1n) is 12.2. The molecule has 0 saturated heterocycles. The summed E-state index contributed by atoms with van der Waals surface area (Å²) in [7, 11) is 0. The minimum absolute atomic E-state index is 0.124. The number of rotatable bonds is 7. The number of aliphatic carboxylic acids is 1. The second kappa shape index (κ2) is 10.7. The Hall–Kier alpha value is -2.58. The molecule has 1 unspecified atom stereocenters. The number of nitrogens with zero attached hydrogens (tertiary/aromatic N) is 1. The fourth-order valence-corrected chi connectivity index (χ4v) is 6.31. The van der Waals surface area contributed by atoms with Crippen LogP contribution in [0, 0.1) is 5.41 Å². The summed E-state index contributed by atoms with van der Waals surface area (Å²) in [6.07, 6.45) is -1.46. The predicted octanol–water partition coefficient (Wildman–Crippen LogP) is 6.28. The van der Waals surface area contributed by atoms with Crippen molar-refractivity contribution in [1.29, 1.82) is 0 Å². The summed E-state index contributed by atoms with van der Waals surface area (Å²) in [6.45, 7) is 8.00. The lowest BCUT2D eigenvalue weighted by Crippen LogP contribution is -2.53. The maximum Gasteiger partial charge on any atom is 0.364 e. The lowest BCUT2D eigenvalue weighted by atomic mass is 9.93. The average molecular weight is 542 g/mol. The number of carboxylic acid groups (broad SMARTS) is 1. The van der Waals surface area contributed by atoms with E-state index in [1.54, 1.807) is 11.8 Å². The molecule has 8 heteroatoms. The van der Waals surface area contributed by atoms with Crippen molar-refractivity contribution < 1.29 is 24.5 Å². The van der Waals surface area contributed by atoms with Gasteiger partial charge in [0.05, 0.1) is 11.7 Å². The third kappa shape index (κ3) is 6.12. The Morgan fingerprint density at radius 2 is 1.78 bits per heavy atom. The lowest BCUT2D eigenvalue weighted by molar-refractivity contribution is -0.237. The molecule has 0 bridgehead atoms. The second-order valence-electron chi connectivity index (χ2n) is 10.7. The van der Waals surface area contributed by atoms with Crippen molar-refractivity contribution >= 4 is 51.6 Å². The summed E-state index contributed by atoms with van der Waals surface area (Å²) in [5.41, 5.74) is 2.75. The van der Waals surface area contributed by atoms with Gasteiger partial charge in [-0.15, -0.1) is 11.8 Å². The van der Waals surface area contributed by atoms with Gasteiger partial charge < -0.3 is 19.8 Å². The molecule has 2 N–H and O–H groups in total. The molecule has 0 fully saturated rings. The van der Waals surface area contributed by atoms with Crippen LogP contribution in [-0.4, -0.2) is 46.3 Å². The third-order valence-electron chi connectivity index (χ3n) is 6.24. The maximum absolute atomic E-state index is 12.1. The summed E-state index contributed by atoms with van der Waals surface area (Å²) in [6, 6.07) is 20.1. The Bertz CT molecular complexity index is 1320. The van der Waals surface area contributed by atoms with Gasteiger partial charge in [-0.2, -0.15) is 0 Å². The van der Waals surface area contributed by atoms with E-state index >= 15 is 0 Å². The van der Waals surface area contributed by atoms with Crippen LogP contribution in [0.1, 0.15) is 50.5 Å². The van der Waals surface area contributed by atoms with Gasteiger partial charge in [-0.25, -0.2) is 4.79 Å². The molecule has 6 nitrogen and oxygen atoms in total. The molecule has 37 heavy (non-hydrogen) atoms. The topological polar surface area (TPSA) is 87.1 Å². The van der Waals surface area contributed by atoms with Crippen LogP contribution in [0.4, 0.5) is 5.69 Å². The zero-order valence-electron chi connectivity index (χ0n) is 21.4. The summed E-state index contributed by atoms with van der Waals surface area (Å²) in [5.74, 6) is -4.35. The van der Waals surface area contributed by atoms with E-state index < -0.39 is 30.2 Å². The molecule has 0 saturated carbocycles. The molecule has 196 valence electrons. The molecule has 3 aromatic carbocycles. The zero-order chi connectivity index (χ0) is 27.0. The molecule has 1 aliphatic heterocycles. The van der Waals surface area contributed by atoms with Crippen molar-refractivity contribution in [2.24, 2.45) is 5.41 Å². The van der Waals surface area contributed by atoms with E-state index in [9.17, 15) is 19.8 Å². The van der Waals surface area contributed by atoms with Crippen LogP contribution in [0.25, 0.3) is 10.8 Å². The van der Waals surface area contributed by atoms with Crippen LogP contribution in [-0.2, 0) is 14.3 Å². The largest absolute Gasteiger partial charge is 0.477 e. The summed E-state index contributed by atoms with van der Waals surface area (Å²) in [4.78, 5) is 25.9.